The van der Waals surface area contributed by atoms with E-state index in [2.05, 4.69) is 4.99 Å². The Morgan fingerprint density at radius 1 is 1.32 bits per heavy atom. The number of phenols is 1. The van der Waals surface area contributed by atoms with Crippen molar-refractivity contribution >= 4 is 11.9 Å². The summed E-state index contributed by atoms with van der Waals surface area (Å²) in [4.78, 5) is 14.6. The molecule has 0 aliphatic carbocycles. The first kappa shape index (κ1) is 15.5. The van der Waals surface area contributed by atoms with Gasteiger partial charge in [-0.2, -0.15) is 0 Å². The van der Waals surface area contributed by atoms with Crippen LogP contribution in [-0.4, -0.2) is 23.4 Å². The molecule has 22 heavy (non-hydrogen) atoms. The lowest BCUT2D eigenvalue weighted by molar-refractivity contribution is -0.384. The molecular weight excluding hydrogens is 284 g/mol. The number of hydrogen-bond donors (Lipinski definition) is 1. The number of para-hydroxylation sites is 1. The van der Waals surface area contributed by atoms with E-state index in [-0.39, 0.29) is 17.5 Å². The Bertz CT molecular complexity index is 713. The molecule has 2 aromatic rings. The second kappa shape index (κ2) is 6.71. The molecule has 0 bridgehead atoms. The maximum absolute atomic E-state index is 10.8. The third-order valence-electron chi connectivity index (χ3n) is 3.25. The lowest BCUT2D eigenvalue weighted by Gasteiger charge is -2.11. The highest BCUT2D eigenvalue weighted by Gasteiger charge is 2.11. The van der Waals surface area contributed by atoms with Crippen molar-refractivity contribution in [3.05, 3.63) is 63.7 Å². The summed E-state index contributed by atoms with van der Waals surface area (Å²) in [5, 5.41) is 20.5. The number of aliphatic imine (C=N–C) groups is 1. The Labute approximate surface area is 127 Å². The van der Waals surface area contributed by atoms with Crippen LogP contribution >= 0.6 is 0 Å². The van der Waals surface area contributed by atoms with Crippen LogP contribution in [0.3, 0.4) is 0 Å². The van der Waals surface area contributed by atoms with E-state index in [1.54, 1.807) is 7.11 Å². The number of nitrogens with zero attached hydrogens (tertiary/aromatic N) is 2. The summed E-state index contributed by atoms with van der Waals surface area (Å²) < 4.78 is 5.28. The maximum Gasteiger partial charge on any atom is 0.270 e. The number of ether oxygens (including phenoxy) is 1. The van der Waals surface area contributed by atoms with E-state index in [0.717, 1.165) is 11.3 Å². The highest BCUT2D eigenvalue weighted by molar-refractivity contribution is 5.84. The van der Waals surface area contributed by atoms with Gasteiger partial charge in [0.05, 0.1) is 18.1 Å². The van der Waals surface area contributed by atoms with E-state index in [4.69, 9.17) is 4.74 Å². The molecule has 2 aromatic carbocycles. The van der Waals surface area contributed by atoms with Crippen LogP contribution in [0.5, 0.6) is 11.5 Å². The zero-order valence-corrected chi connectivity index (χ0v) is 12.3. The fraction of sp³-hybridized carbons (Fsp3) is 0.188. The van der Waals surface area contributed by atoms with Crippen LogP contribution in [0.25, 0.3) is 0 Å². The van der Waals surface area contributed by atoms with E-state index >= 15 is 0 Å². The van der Waals surface area contributed by atoms with Gasteiger partial charge in [-0.15, -0.1) is 0 Å². The maximum atomic E-state index is 10.8. The average molecular weight is 300 g/mol. The first-order valence-electron chi connectivity index (χ1n) is 6.66. The van der Waals surface area contributed by atoms with Gasteiger partial charge in [-0.3, -0.25) is 15.1 Å². The largest absolute Gasteiger partial charge is 0.507 e. The van der Waals surface area contributed by atoms with Crippen LogP contribution in [0.15, 0.2) is 47.5 Å². The lowest BCUT2D eigenvalue weighted by atomic mass is 10.1. The lowest BCUT2D eigenvalue weighted by Crippen LogP contribution is -1.96. The zero-order valence-electron chi connectivity index (χ0n) is 12.3. The molecule has 0 spiro atoms. The van der Waals surface area contributed by atoms with Gasteiger partial charge >= 0.3 is 0 Å². The van der Waals surface area contributed by atoms with Gasteiger partial charge in [0, 0.05) is 29.5 Å². The standard InChI is InChI=1S/C16H16N2O4/c1-11(14-5-3-4-6-16(14)22-2)17-10-12-9-13(18(20)21)7-8-15(12)19/h3-11,19H,1-2H3/t11-/m0/s1. The first-order valence-corrected chi connectivity index (χ1v) is 6.66. The third kappa shape index (κ3) is 3.41. The van der Waals surface area contributed by atoms with E-state index < -0.39 is 4.92 Å². The predicted octanol–water partition coefficient (Wildman–Crippen LogP) is 3.49. The molecule has 6 heteroatoms. The molecule has 6 nitrogen and oxygen atoms in total. The molecular formula is C16H16N2O4. The SMILES string of the molecule is COc1ccccc1[C@H](C)N=Cc1cc([N+](=O)[O-])ccc1O. The van der Waals surface area contributed by atoms with Gasteiger partial charge in [-0.25, -0.2) is 0 Å². The Hall–Kier alpha value is -2.89. The van der Waals surface area contributed by atoms with E-state index in [1.807, 2.05) is 31.2 Å². The Morgan fingerprint density at radius 2 is 2.05 bits per heavy atom. The monoisotopic (exact) mass is 300 g/mol. The summed E-state index contributed by atoms with van der Waals surface area (Å²) in [7, 11) is 1.58. The molecule has 1 atom stereocenters. The molecule has 2 rings (SSSR count). The van der Waals surface area contributed by atoms with Gasteiger partial charge in [0.1, 0.15) is 11.5 Å². The molecule has 0 unspecified atom stereocenters. The number of non-ortho nitro benzene ring substituents is 1. The van der Waals surface area contributed by atoms with Crippen molar-refractivity contribution in [2.24, 2.45) is 4.99 Å². The van der Waals surface area contributed by atoms with Crippen LogP contribution in [0.4, 0.5) is 5.69 Å². The van der Waals surface area contributed by atoms with Gasteiger partial charge in [0.2, 0.25) is 0 Å². The summed E-state index contributed by atoms with van der Waals surface area (Å²) in [6.07, 6.45) is 1.43. The summed E-state index contributed by atoms with van der Waals surface area (Å²) in [6, 6.07) is 11.1. The quantitative estimate of drug-likeness (QED) is 0.520. The van der Waals surface area contributed by atoms with E-state index in [1.165, 1.54) is 24.4 Å². The highest BCUT2D eigenvalue weighted by Crippen LogP contribution is 2.28. The van der Waals surface area contributed by atoms with Crippen molar-refractivity contribution in [2.45, 2.75) is 13.0 Å². The molecule has 0 saturated carbocycles. The van der Waals surface area contributed by atoms with E-state index in [0.29, 0.717) is 5.56 Å². The van der Waals surface area contributed by atoms with Crippen LogP contribution in [0.1, 0.15) is 24.1 Å². The average Bonchev–Trinajstić information content (AvgIpc) is 2.53. The third-order valence-corrected chi connectivity index (χ3v) is 3.25. The molecule has 0 fully saturated rings. The van der Waals surface area contributed by atoms with Crippen LogP contribution in [0, 0.1) is 10.1 Å². The number of phenolic OH excluding ortho intramolecular Hbond substituents is 1. The second-order valence-electron chi connectivity index (χ2n) is 4.70. The number of benzene rings is 2. The minimum Gasteiger partial charge on any atom is -0.507 e. The summed E-state index contributed by atoms with van der Waals surface area (Å²) in [5.74, 6) is 0.664. The van der Waals surface area contributed by atoms with Gasteiger partial charge in [0.25, 0.3) is 5.69 Å². The molecule has 1 N–H and O–H groups in total. The minimum absolute atomic E-state index is 0.0541. The molecule has 0 aliphatic heterocycles. The van der Waals surface area contributed by atoms with Crippen molar-refractivity contribution in [3.8, 4) is 11.5 Å². The minimum atomic E-state index is -0.513. The smallest absolute Gasteiger partial charge is 0.270 e. The van der Waals surface area contributed by atoms with Crippen molar-refractivity contribution < 1.29 is 14.8 Å². The second-order valence-corrected chi connectivity index (χ2v) is 4.70. The van der Waals surface area contributed by atoms with E-state index in [9.17, 15) is 15.2 Å². The van der Waals surface area contributed by atoms with Crippen molar-refractivity contribution in [1.82, 2.24) is 0 Å². The molecule has 0 aliphatic rings. The molecule has 114 valence electrons. The van der Waals surface area contributed by atoms with Gasteiger partial charge in [-0.05, 0) is 19.1 Å². The topological polar surface area (TPSA) is 85.0 Å². The summed E-state index contributed by atoms with van der Waals surface area (Å²) in [6.45, 7) is 1.88. The Kier molecular flexibility index (Phi) is 4.73. The van der Waals surface area contributed by atoms with Gasteiger partial charge in [-0.1, -0.05) is 18.2 Å². The molecule has 0 saturated heterocycles. The number of rotatable bonds is 5. The number of nitro benzene ring substituents is 1. The molecule has 0 amide bonds. The number of aromatic hydroxyl groups is 1. The van der Waals surface area contributed by atoms with Crippen LogP contribution in [-0.2, 0) is 0 Å². The van der Waals surface area contributed by atoms with Gasteiger partial charge in [0.15, 0.2) is 0 Å². The van der Waals surface area contributed by atoms with Crippen LogP contribution < -0.4 is 4.74 Å². The predicted molar refractivity (Wildman–Crippen MR) is 83.8 cm³/mol. The van der Waals surface area contributed by atoms with Crippen molar-refractivity contribution in [3.63, 3.8) is 0 Å². The number of methoxy groups -OCH3 is 1. The van der Waals surface area contributed by atoms with Crippen molar-refractivity contribution in [1.29, 1.82) is 0 Å². The summed E-state index contributed by atoms with van der Waals surface area (Å²) in [5.41, 5.74) is 1.10. The molecule has 0 heterocycles. The fourth-order valence-electron chi connectivity index (χ4n) is 2.04. The summed E-state index contributed by atoms with van der Waals surface area (Å²) >= 11 is 0. The zero-order chi connectivity index (χ0) is 16.1. The normalized spacial score (nSPS) is 12.3. The Balaban J connectivity index is 2.28. The fourth-order valence-corrected chi connectivity index (χ4v) is 2.04. The number of hydrogen-bond acceptors (Lipinski definition) is 5. The van der Waals surface area contributed by atoms with Gasteiger partial charge < -0.3 is 9.84 Å². The van der Waals surface area contributed by atoms with Crippen LogP contribution in [0.2, 0.25) is 0 Å². The first-order chi connectivity index (χ1) is 10.5. The molecule has 0 aromatic heterocycles. The molecule has 0 radical (unpaired) electrons. The number of nitro groups is 1. The Morgan fingerprint density at radius 3 is 2.73 bits per heavy atom. The van der Waals surface area contributed by atoms with Crippen molar-refractivity contribution in [2.75, 3.05) is 7.11 Å². The highest BCUT2D eigenvalue weighted by atomic mass is 16.6.